The van der Waals surface area contributed by atoms with Gasteiger partial charge in [-0.2, -0.15) is 0 Å². The van der Waals surface area contributed by atoms with Crippen LogP contribution in [-0.2, 0) is 14.3 Å². The van der Waals surface area contributed by atoms with Crippen molar-refractivity contribution in [1.82, 2.24) is 5.32 Å². The maximum absolute atomic E-state index is 12.5. The molecule has 1 unspecified atom stereocenters. The lowest BCUT2D eigenvalue weighted by atomic mass is 9.88. The molecule has 0 saturated carbocycles. The normalized spacial score (nSPS) is 19.1. The van der Waals surface area contributed by atoms with E-state index >= 15 is 0 Å². The fourth-order valence-electron chi connectivity index (χ4n) is 2.46. The summed E-state index contributed by atoms with van der Waals surface area (Å²) in [4.78, 5) is 35.9. The molecule has 24 heavy (non-hydrogen) atoms. The minimum Gasteiger partial charge on any atom is -0.465 e. The van der Waals surface area contributed by atoms with E-state index in [1.165, 1.54) is 32.4 Å². The number of nitrogens with one attached hydrogen (secondary N) is 2. The van der Waals surface area contributed by atoms with Crippen LogP contribution >= 0.6 is 12.4 Å². The summed E-state index contributed by atoms with van der Waals surface area (Å²) in [6.07, 6.45) is 0.722. The molecular weight excluding hydrogens is 336 g/mol. The van der Waals surface area contributed by atoms with E-state index in [1.54, 1.807) is 0 Å². The third kappa shape index (κ3) is 4.24. The molecule has 132 valence electrons. The molecule has 7 nitrogen and oxygen atoms in total. The Morgan fingerprint density at radius 1 is 1.08 bits per heavy atom. The van der Waals surface area contributed by atoms with Crippen LogP contribution in [0.3, 0.4) is 0 Å². The number of halogens is 1. The Hall–Kier alpha value is -2.12. The fraction of sp³-hybridized carbons (Fsp3) is 0.438. The summed E-state index contributed by atoms with van der Waals surface area (Å²) in [6.45, 7) is 3.23. The number of rotatable bonds is 4. The minimum atomic E-state index is -0.597. The number of esters is 2. The van der Waals surface area contributed by atoms with Crippen LogP contribution in [-0.4, -0.2) is 45.2 Å². The summed E-state index contributed by atoms with van der Waals surface area (Å²) in [5.41, 5.74) is 0.166. The van der Waals surface area contributed by atoms with Crippen molar-refractivity contribution >= 4 is 35.9 Å². The Morgan fingerprint density at radius 3 is 2.04 bits per heavy atom. The highest BCUT2D eigenvalue weighted by atomic mass is 35.5. The van der Waals surface area contributed by atoms with Crippen LogP contribution in [0.2, 0.25) is 0 Å². The van der Waals surface area contributed by atoms with Gasteiger partial charge in [-0.1, -0.05) is 0 Å². The second kappa shape index (κ2) is 8.12. The van der Waals surface area contributed by atoms with Gasteiger partial charge in [-0.3, -0.25) is 4.79 Å². The summed E-state index contributed by atoms with van der Waals surface area (Å²) in [6, 6.07) is 4.32. The highest BCUT2D eigenvalue weighted by molar-refractivity contribution is 6.00. The molecule has 1 atom stereocenters. The number of hydrogen-bond acceptors (Lipinski definition) is 6. The van der Waals surface area contributed by atoms with Crippen LogP contribution in [0.15, 0.2) is 18.2 Å². The van der Waals surface area contributed by atoms with Gasteiger partial charge in [0.15, 0.2) is 0 Å². The second-order valence-corrected chi connectivity index (χ2v) is 5.72. The highest BCUT2D eigenvalue weighted by Gasteiger charge is 2.36. The molecule has 0 bridgehead atoms. The van der Waals surface area contributed by atoms with E-state index in [0.29, 0.717) is 12.2 Å². The van der Waals surface area contributed by atoms with Gasteiger partial charge in [0, 0.05) is 12.2 Å². The summed E-state index contributed by atoms with van der Waals surface area (Å²) in [7, 11) is 2.49. The summed E-state index contributed by atoms with van der Waals surface area (Å²) >= 11 is 0. The van der Waals surface area contributed by atoms with Crippen LogP contribution in [0.5, 0.6) is 0 Å². The molecular formula is C16H21ClN2O5. The van der Waals surface area contributed by atoms with Crippen molar-refractivity contribution in [2.24, 2.45) is 5.41 Å². The molecule has 0 aliphatic carbocycles. The van der Waals surface area contributed by atoms with E-state index in [1.807, 2.05) is 6.92 Å². The quantitative estimate of drug-likeness (QED) is 0.796. The van der Waals surface area contributed by atoms with E-state index in [-0.39, 0.29) is 29.4 Å². The van der Waals surface area contributed by atoms with E-state index in [4.69, 9.17) is 0 Å². The lowest BCUT2D eigenvalue weighted by Gasteiger charge is -2.21. The standard InChI is InChI=1S/C16H20N2O5.ClH/c1-16(4-5-17-9-16)15(21)18-12-7-10(13(19)22-2)6-11(8-12)14(20)23-3;/h6-8,17H,4-5,9H2,1-3H3,(H,18,21);1H. The zero-order chi connectivity index (χ0) is 17.0. The first-order chi connectivity index (χ1) is 10.9. The van der Waals surface area contributed by atoms with Crippen LogP contribution in [0.25, 0.3) is 0 Å². The SMILES string of the molecule is COC(=O)c1cc(NC(=O)C2(C)CCNC2)cc(C(=O)OC)c1.Cl. The molecule has 0 spiro atoms. The number of ether oxygens (including phenoxy) is 2. The van der Waals surface area contributed by atoms with E-state index in [0.717, 1.165) is 13.0 Å². The van der Waals surface area contributed by atoms with Gasteiger partial charge in [-0.25, -0.2) is 9.59 Å². The zero-order valence-electron chi connectivity index (χ0n) is 13.8. The van der Waals surface area contributed by atoms with Crippen molar-refractivity contribution in [2.45, 2.75) is 13.3 Å². The first-order valence-corrected chi connectivity index (χ1v) is 7.23. The lowest BCUT2D eigenvalue weighted by molar-refractivity contribution is -0.123. The Bertz CT molecular complexity index is 607. The van der Waals surface area contributed by atoms with Gasteiger partial charge < -0.3 is 20.1 Å². The first-order valence-electron chi connectivity index (χ1n) is 7.23. The average Bonchev–Trinajstić information content (AvgIpc) is 3.01. The molecule has 1 aromatic rings. The summed E-state index contributed by atoms with van der Waals surface area (Å²) in [5.74, 6) is -1.36. The predicted octanol–water partition coefficient (Wildman–Crippen LogP) is 1.62. The number of hydrogen-bond donors (Lipinski definition) is 2. The molecule has 1 saturated heterocycles. The van der Waals surface area contributed by atoms with Gasteiger partial charge in [0.1, 0.15) is 0 Å². The molecule has 2 N–H and O–H groups in total. The summed E-state index contributed by atoms with van der Waals surface area (Å²) < 4.78 is 9.34. The number of carbonyl (C=O) groups is 3. The Kier molecular flexibility index (Phi) is 6.74. The number of anilines is 1. The van der Waals surface area contributed by atoms with Crippen LogP contribution in [0.1, 0.15) is 34.1 Å². The van der Waals surface area contributed by atoms with Gasteiger partial charge in [-0.05, 0) is 38.1 Å². The van der Waals surface area contributed by atoms with Crippen molar-refractivity contribution in [3.8, 4) is 0 Å². The molecule has 1 amide bonds. The average molecular weight is 357 g/mol. The van der Waals surface area contributed by atoms with E-state index < -0.39 is 17.4 Å². The van der Waals surface area contributed by atoms with Crippen molar-refractivity contribution in [1.29, 1.82) is 0 Å². The second-order valence-electron chi connectivity index (χ2n) is 5.72. The number of carbonyl (C=O) groups excluding carboxylic acids is 3. The summed E-state index contributed by atoms with van der Waals surface area (Å²) in [5, 5.41) is 5.92. The molecule has 2 rings (SSSR count). The van der Waals surface area contributed by atoms with Gasteiger partial charge in [-0.15, -0.1) is 12.4 Å². The van der Waals surface area contributed by atoms with Crippen LogP contribution < -0.4 is 10.6 Å². The number of benzene rings is 1. The minimum absolute atomic E-state index is 0. The van der Waals surface area contributed by atoms with E-state index in [2.05, 4.69) is 20.1 Å². The van der Waals surface area contributed by atoms with Gasteiger partial charge >= 0.3 is 11.9 Å². The lowest BCUT2D eigenvalue weighted by Crippen LogP contribution is -2.35. The van der Waals surface area contributed by atoms with Crippen LogP contribution in [0, 0.1) is 5.41 Å². The van der Waals surface area contributed by atoms with E-state index in [9.17, 15) is 14.4 Å². The van der Waals surface area contributed by atoms with Crippen molar-refractivity contribution < 1.29 is 23.9 Å². The fourth-order valence-corrected chi connectivity index (χ4v) is 2.46. The third-order valence-corrected chi connectivity index (χ3v) is 3.95. The highest BCUT2D eigenvalue weighted by Crippen LogP contribution is 2.27. The number of amides is 1. The molecule has 0 aromatic heterocycles. The van der Waals surface area contributed by atoms with Crippen molar-refractivity contribution in [3.63, 3.8) is 0 Å². The monoisotopic (exact) mass is 356 g/mol. The molecule has 8 heteroatoms. The molecule has 1 fully saturated rings. The smallest absolute Gasteiger partial charge is 0.337 e. The molecule has 0 radical (unpaired) electrons. The zero-order valence-corrected chi connectivity index (χ0v) is 14.6. The molecule has 1 heterocycles. The van der Waals surface area contributed by atoms with Gasteiger partial charge in [0.2, 0.25) is 5.91 Å². The first kappa shape index (κ1) is 19.9. The maximum atomic E-state index is 12.5. The maximum Gasteiger partial charge on any atom is 0.337 e. The Labute approximate surface area is 146 Å². The molecule has 1 aromatic carbocycles. The van der Waals surface area contributed by atoms with Crippen molar-refractivity contribution in [3.05, 3.63) is 29.3 Å². The number of methoxy groups -OCH3 is 2. The molecule has 1 aliphatic rings. The topological polar surface area (TPSA) is 93.7 Å². The van der Waals surface area contributed by atoms with Crippen LogP contribution in [0.4, 0.5) is 5.69 Å². The largest absolute Gasteiger partial charge is 0.465 e. The predicted molar refractivity (Wildman–Crippen MR) is 90.6 cm³/mol. The third-order valence-electron chi connectivity index (χ3n) is 3.95. The molecule has 1 aliphatic heterocycles. The van der Waals surface area contributed by atoms with Crippen molar-refractivity contribution in [2.75, 3.05) is 32.6 Å². The Balaban J connectivity index is 0.00000288. The van der Waals surface area contributed by atoms with Gasteiger partial charge in [0.25, 0.3) is 0 Å². The Morgan fingerprint density at radius 2 is 1.62 bits per heavy atom. The van der Waals surface area contributed by atoms with Gasteiger partial charge in [0.05, 0.1) is 30.8 Å².